The lowest BCUT2D eigenvalue weighted by molar-refractivity contribution is -0.120. The fraction of sp³-hybridized carbons (Fsp3) is 0.429. The van der Waals surface area contributed by atoms with Gasteiger partial charge in [0, 0.05) is 12.3 Å². The third-order valence-corrected chi connectivity index (χ3v) is 1.97. The van der Waals surface area contributed by atoms with E-state index in [0.29, 0.717) is 5.69 Å². The van der Waals surface area contributed by atoms with Crippen LogP contribution in [0.25, 0.3) is 0 Å². The maximum atomic E-state index is 10.7. The van der Waals surface area contributed by atoms with Crippen molar-refractivity contribution in [3.63, 3.8) is 0 Å². The van der Waals surface area contributed by atoms with Crippen LogP contribution >= 0.6 is 11.3 Å². The summed E-state index contributed by atoms with van der Waals surface area (Å²) in [7, 11) is 0. The highest BCUT2D eigenvalue weighted by Crippen LogP contribution is 2.11. The van der Waals surface area contributed by atoms with Crippen LogP contribution in [0.2, 0.25) is 0 Å². The molecule has 0 aliphatic rings. The Hall–Kier alpha value is -0.940. The van der Waals surface area contributed by atoms with Crippen molar-refractivity contribution in [2.75, 3.05) is 6.61 Å². The van der Waals surface area contributed by atoms with Gasteiger partial charge in [0.25, 0.3) is 0 Å². The molecule has 0 saturated carbocycles. The number of carbonyl (C=O) groups is 1. The molecule has 1 amide bonds. The number of aromatic nitrogens is 1. The highest BCUT2D eigenvalue weighted by atomic mass is 32.1. The number of nitrogens with one attached hydrogen (secondary N) is 1. The summed E-state index contributed by atoms with van der Waals surface area (Å²) >= 11 is 1.44. The Labute approximate surface area is 74.3 Å². The molecule has 0 aromatic carbocycles. The molecule has 5 heteroatoms. The van der Waals surface area contributed by atoms with Crippen molar-refractivity contribution in [1.29, 1.82) is 0 Å². The molecule has 0 aliphatic heterocycles. The predicted molar refractivity (Wildman–Crippen MR) is 45.8 cm³/mol. The second-order valence-electron chi connectivity index (χ2n) is 2.35. The molecule has 1 aromatic heterocycles. The highest BCUT2D eigenvalue weighted by Gasteiger charge is 2.12. The van der Waals surface area contributed by atoms with Crippen LogP contribution < -0.4 is 5.32 Å². The molecule has 4 nitrogen and oxygen atoms in total. The minimum absolute atomic E-state index is 0.122. The monoisotopic (exact) mass is 186 g/mol. The molecule has 0 spiro atoms. The molecule has 0 bridgehead atoms. The van der Waals surface area contributed by atoms with E-state index in [1.54, 1.807) is 10.9 Å². The van der Waals surface area contributed by atoms with Crippen molar-refractivity contribution < 1.29 is 9.90 Å². The molecule has 0 saturated heterocycles. The van der Waals surface area contributed by atoms with Crippen molar-refractivity contribution in [2.24, 2.45) is 0 Å². The number of nitrogens with zero attached hydrogens (tertiary/aromatic N) is 1. The molecule has 0 unspecified atom stereocenters. The smallest absolute Gasteiger partial charge is 0.217 e. The normalized spacial score (nSPS) is 12.5. The van der Waals surface area contributed by atoms with Crippen LogP contribution in [-0.4, -0.2) is 22.6 Å². The van der Waals surface area contributed by atoms with E-state index in [-0.39, 0.29) is 18.6 Å². The Bertz CT molecular complexity index is 248. The van der Waals surface area contributed by atoms with E-state index in [9.17, 15) is 4.79 Å². The fourth-order valence-corrected chi connectivity index (χ4v) is 1.46. The molecule has 2 N–H and O–H groups in total. The Morgan fingerprint density at radius 2 is 2.67 bits per heavy atom. The standard InChI is InChI=1S/C7H10N2O2S/c1-5(11)9-6(2-10)7-3-12-4-8-7/h3-4,6,10H,2H2,1H3,(H,9,11)/t6-/m1/s1. The average molecular weight is 186 g/mol. The molecule has 1 rings (SSSR count). The van der Waals surface area contributed by atoms with Crippen molar-refractivity contribution in [1.82, 2.24) is 10.3 Å². The Morgan fingerprint density at radius 1 is 1.92 bits per heavy atom. The molecule has 1 atom stereocenters. The largest absolute Gasteiger partial charge is 0.394 e. The van der Waals surface area contributed by atoms with Gasteiger partial charge in [0.15, 0.2) is 0 Å². The van der Waals surface area contributed by atoms with Gasteiger partial charge in [-0.05, 0) is 0 Å². The van der Waals surface area contributed by atoms with E-state index < -0.39 is 0 Å². The lowest BCUT2D eigenvalue weighted by Crippen LogP contribution is -2.28. The summed E-state index contributed by atoms with van der Waals surface area (Å²) in [6.45, 7) is 1.29. The number of aliphatic hydroxyl groups excluding tert-OH is 1. The summed E-state index contributed by atoms with van der Waals surface area (Å²) in [6.07, 6.45) is 0. The first-order valence-electron chi connectivity index (χ1n) is 3.50. The van der Waals surface area contributed by atoms with Crippen molar-refractivity contribution >= 4 is 17.2 Å². The molecule has 12 heavy (non-hydrogen) atoms. The summed E-state index contributed by atoms with van der Waals surface area (Å²) in [4.78, 5) is 14.6. The van der Waals surface area contributed by atoms with E-state index in [0.717, 1.165) is 0 Å². The van der Waals surface area contributed by atoms with Gasteiger partial charge >= 0.3 is 0 Å². The van der Waals surface area contributed by atoms with E-state index >= 15 is 0 Å². The Morgan fingerprint density at radius 3 is 3.08 bits per heavy atom. The summed E-state index contributed by atoms with van der Waals surface area (Å²) in [6, 6.07) is -0.367. The van der Waals surface area contributed by atoms with Gasteiger partial charge in [-0.2, -0.15) is 0 Å². The van der Waals surface area contributed by atoms with E-state index in [1.807, 2.05) is 0 Å². The first-order chi connectivity index (χ1) is 5.74. The summed E-state index contributed by atoms with van der Waals surface area (Å²) in [5, 5.41) is 13.3. The number of hydrogen-bond donors (Lipinski definition) is 2. The predicted octanol–water partition coefficient (Wildman–Crippen LogP) is 0.313. The molecule has 0 radical (unpaired) electrons. The minimum Gasteiger partial charge on any atom is -0.394 e. The molecule has 1 heterocycles. The van der Waals surface area contributed by atoms with Gasteiger partial charge in [0.1, 0.15) is 0 Å². The Kier molecular flexibility index (Phi) is 3.19. The molecule has 0 fully saturated rings. The van der Waals surface area contributed by atoms with Gasteiger partial charge in [0.05, 0.1) is 23.9 Å². The van der Waals surface area contributed by atoms with Gasteiger partial charge < -0.3 is 10.4 Å². The number of thiazole rings is 1. The second kappa shape index (κ2) is 4.18. The van der Waals surface area contributed by atoms with Crippen LogP contribution in [-0.2, 0) is 4.79 Å². The van der Waals surface area contributed by atoms with Gasteiger partial charge in [-0.25, -0.2) is 4.98 Å². The number of hydrogen-bond acceptors (Lipinski definition) is 4. The fourth-order valence-electron chi connectivity index (χ4n) is 0.852. The van der Waals surface area contributed by atoms with E-state index in [2.05, 4.69) is 10.3 Å². The molecular weight excluding hydrogens is 176 g/mol. The second-order valence-corrected chi connectivity index (χ2v) is 3.07. The maximum absolute atomic E-state index is 10.7. The summed E-state index contributed by atoms with van der Waals surface area (Å²) < 4.78 is 0. The van der Waals surface area contributed by atoms with Gasteiger partial charge in [-0.15, -0.1) is 11.3 Å². The zero-order chi connectivity index (χ0) is 8.97. The number of amides is 1. The maximum Gasteiger partial charge on any atom is 0.217 e. The number of rotatable bonds is 3. The average Bonchev–Trinajstić information content (AvgIpc) is 2.51. The minimum atomic E-state index is -0.367. The van der Waals surface area contributed by atoms with Crippen LogP contribution in [0.3, 0.4) is 0 Å². The van der Waals surface area contributed by atoms with Gasteiger partial charge in [0.2, 0.25) is 5.91 Å². The van der Waals surface area contributed by atoms with Crippen molar-refractivity contribution in [3.8, 4) is 0 Å². The SMILES string of the molecule is CC(=O)N[C@H](CO)c1cscn1. The third-order valence-electron chi connectivity index (χ3n) is 1.37. The summed E-state index contributed by atoms with van der Waals surface area (Å²) in [5.41, 5.74) is 2.37. The highest BCUT2D eigenvalue weighted by molar-refractivity contribution is 7.07. The third kappa shape index (κ3) is 2.28. The van der Waals surface area contributed by atoms with Crippen LogP contribution in [0.4, 0.5) is 0 Å². The molecular formula is C7H10N2O2S. The Balaban J connectivity index is 2.63. The first kappa shape index (κ1) is 9.15. The first-order valence-corrected chi connectivity index (χ1v) is 4.44. The van der Waals surface area contributed by atoms with Crippen molar-refractivity contribution in [3.05, 3.63) is 16.6 Å². The zero-order valence-electron chi connectivity index (χ0n) is 6.65. The van der Waals surface area contributed by atoms with Gasteiger partial charge in [-0.1, -0.05) is 0 Å². The van der Waals surface area contributed by atoms with E-state index in [4.69, 9.17) is 5.11 Å². The number of carbonyl (C=O) groups excluding carboxylic acids is 1. The van der Waals surface area contributed by atoms with Crippen LogP contribution in [0, 0.1) is 0 Å². The topological polar surface area (TPSA) is 62.2 Å². The number of aliphatic hydroxyl groups is 1. The zero-order valence-corrected chi connectivity index (χ0v) is 7.47. The quantitative estimate of drug-likeness (QED) is 0.714. The van der Waals surface area contributed by atoms with Crippen LogP contribution in [0.15, 0.2) is 10.9 Å². The lowest BCUT2D eigenvalue weighted by Gasteiger charge is -2.11. The molecule has 0 aliphatic carbocycles. The lowest BCUT2D eigenvalue weighted by atomic mass is 10.2. The van der Waals surface area contributed by atoms with Crippen LogP contribution in [0.5, 0.6) is 0 Å². The molecule has 66 valence electrons. The molecule has 1 aromatic rings. The van der Waals surface area contributed by atoms with E-state index in [1.165, 1.54) is 18.3 Å². The van der Waals surface area contributed by atoms with Crippen molar-refractivity contribution in [2.45, 2.75) is 13.0 Å². The summed E-state index contributed by atoms with van der Waals surface area (Å²) in [5.74, 6) is -0.165. The van der Waals surface area contributed by atoms with Crippen LogP contribution in [0.1, 0.15) is 18.7 Å². The van der Waals surface area contributed by atoms with Gasteiger partial charge in [-0.3, -0.25) is 4.79 Å².